The van der Waals surface area contributed by atoms with E-state index in [1.54, 1.807) is 0 Å². The van der Waals surface area contributed by atoms with Gasteiger partial charge in [0.1, 0.15) is 0 Å². The Hall–Kier alpha value is -0.330. The first-order valence-electron chi connectivity index (χ1n) is 5.60. The summed E-state index contributed by atoms with van der Waals surface area (Å²) in [7, 11) is 1.82. The van der Waals surface area contributed by atoms with E-state index in [4.69, 9.17) is 0 Å². The van der Waals surface area contributed by atoms with Gasteiger partial charge in [-0.3, -0.25) is 4.74 Å². The van der Waals surface area contributed by atoms with Crippen LogP contribution in [0.15, 0.2) is 0 Å². The van der Waals surface area contributed by atoms with Crippen LogP contribution in [0.4, 0.5) is 13.2 Å². The minimum atomic E-state index is -4.51. The summed E-state index contributed by atoms with van der Waals surface area (Å²) in [6.07, 6.45) is -1.02. The zero-order valence-corrected chi connectivity index (χ0v) is 9.52. The lowest BCUT2D eigenvalue weighted by atomic mass is 10.0. The lowest BCUT2D eigenvalue weighted by molar-refractivity contribution is -0.324. The lowest BCUT2D eigenvalue weighted by Crippen LogP contribution is -2.43. The van der Waals surface area contributed by atoms with E-state index in [1.165, 1.54) is 12.8 Å². The summed E-state index contributed by atoms with van der Waals surface area (Å²) in [5.41, 5.74) is 0. The Morgan fingerprint density at radius 2 is 2.12 bits per heavy atom. The van der Waals surface area contributed by atoms with Gasteiger partial charge < -0.3 is 10.2 Å². The van der Waals surface area contributed by atoms with Gasteiger partial charge in [-0.2, -0.15) is 0 Å². The van der Waals surface area contributed by atoms with Crippen molar-refractivity contribution in [2.75, 3.05) is 33.3 Å². The summed E-state index contributed by atoms with van der Waals surface area (Å²) in [5, 5.41) is 3.35. The van der Waals surface area contributed by atoms with Crippen LogP contribution in [0.1, 0.15) is 19.3 Å². The van der Waals surface area contributed by atoms with Crippen molar-refractivity contribution in [3.63, 3.8) is 0 Å². The molecule has 3 nitrogen and oxygen atoms in total. The molecule has 0 bridgehead atoms. The van der Waals surface area contributed by atoms with E-state index in [0.29, 0.717) is 12.6 Å². The largest absolute Gasteiger partial charge is 0.522 e. The second-order valence-electron chi connectivity index (χ2n) is 4.20. The van der Waals surface area contributed by atoms with E-state index in [1.807, 2.05) is 11.9 Å². The number of hydrogen-bond donors (Lipinski definition) is 1. The predicted octanol–water partition coefficient (Wildman–Crippen LogP) is 1.60. The second kappa shape index (κ2) is 6.42. The zero-order chi connectivity index (χ0) is 12.0. The molecule has 1 aliphatic rings. The molecular formula is C10H19F3N2O. The second-order valence-corrected chi connectivity index (χ2v) is 4.20. The molecule has 0 spiro atoms. The zero-order valence-electron chi connectivity index (χ0n) is 9.52. The third-order valence-electron chi connectivity index (χ3n) is 2.68. The van der Waals surface area contributed by atoms with Crippen molar-refractivity contribution >= 4 is 0 Å². The van der Waals surface area contributed by atoms with Gasteiger partial charge in [-0.15, -0.1) is 13.2 Å². The monoisotopic (exact) mass is 240 g/mol. The molecule has 1 unspecified atom stereocenters. The predicted molar refractivity (Wildman–Crippen MR) is 55.1 cm³/mol. The fourth-order valence-electron chi connectivity index (χ4n) is 1.86. The first-order chi connectivity index (χ1) is 7.47. The van der Waals surface area contributed by atoms with Gasteiger partial charge in [-0.1, -0.05) is 6.42 Å². The topological polar surface area (TPSA) is 24.5 Å². The normalized spacial score (nSPS) is 22.7. The fraction of sp³-hybridized carbons (Fsp3) is 1.00. The Balaban J connectivity index is 2.08. The maximum Gasteiger partial charge on any atom is 0.522 e. The molecule has 0 saturated carbocycles. The lowest BCUT2D eigenvalue weighted by Gasteiger charge is -2.28. The molecule has 1 aliphatic heterocycles. The van der Waals surface area contributed by atoms with Crippen LogP contribution in [-0.4, -0.2) is 50.6 Å². The van der Waals surface area contributed by atoms with Gasteiger partial charge in [0.15, 0.2) is 0 Å². The number of hydrogen-bond acceptors (Lipinski definition) is 3. The highest BCUT2D eigenvalue weighted by Gasteiger charge is 2.28. The van der Waals surface area contributed by atoms with Gasteiger partial charge >= 0.3 is 6.36 Å². The van der Waals surface area contributed by atoms with Crippen molar-refractivity contribution in [2.45, 2.75) is 31.7 Å². The van der Waals surface area contributed by atoms with Crippen molar-refractivity contribution < 1.29 is 17.9 Å². The van der Waals surface area contributed by atoms with Crippen LogP contribution in [0, 0.1) is 0 Å². The molecule has 1 rings (SSSR count). The smallest absolute Gasteiger partial charge is 0.313 e. The molecule has 0 amide bonds. The highest BCUT2D eigenvalue weighted by Crippen LogP contribution is 2.15. The van der Waals surface area contributed by atoms with Crippen LogP contribution < -0.4 is 5.32 Å². The van der Waals surface area contributed by atoms with Crippen molar-refractivity contribution in [3.8, 4) is 0 Å². The Morgan fingerprint density at radius 1 is 1.38 bits per heavy atom. The molecule has 0 aromatic carbocycles. The maximum absolute atomic E-state index is 11.7. The van der Waals surface area contributed by atoms with Crippen LogP contribution >= 0.6 is 0 Å². The molecule has 1 heterocycles. The van der Waals surface area contributed by atoms with Gasteiger partial charge in [0.25, 0.3) is 0 Å². The number of likely N-dealkylation sites (N-methyl/N-ethyl adjacent to an activating group) is 1. The van der Waals surface area contributed by atoms with Crippen LogP contribution in [0.3, 0.4) is 0 Å². The number of ether oxygens (including phenoxy) is 1. The molecule has 0 aromatic heterocycles. The molecule has 0 aromatic rings. The Labute approximate surface area is 93.9 Å². The van der Waals surface area contributed by atoms with Crippen LogP contribution in [0.5, 0.6) is 0 Å². The number of alkyl halides is 3. The van der Waals surface area contributed by atoms with E-state index in [9.17, 15) is 13.2 Å². The molecule has 16 heavy (non-hydrogen) atoms. The van der Waals surface area contributed by atoms with Gasteiger partial charge in [0.05, 0.1) is 6.61 Å². The Bertz CT molecular complexity index is 193. The highest BCUT2D eigenvalue weighted by atomic mass is 19.4. The quantitative estimate of drug-likeness (QED) is 0.790. The molecule has 1 fully saturated rings. The molecule has 6 heteroatoms. The summed E-state index contributed by atoms with van der Waals surface area (Å²) >= 11 is 0. The number of piperidine rings is 1. The number of nitrogens with one attached hydrogen (secondary N) is 1. The highest BCUT2D eigenvalue weighted by molar-refractivity contribution is 4.74. The number of nitrogens with zero attached hydrogens (tertiary/aromatic N) is 1. The Morgan fingerprint density at radius 3 is 2.69 bits per heavy atom. The molecule has 0 radical (unpaired) electrons. The standard InChI is InChI=1S/C10H19F3N2O/c1-15(6-7-16-10(11,12)13)8-9-4-2-3-5-14-9/h9,14H,2-8H2,1H3. The molecule has 0 aliphatic carbocycles. The van der Waals surface area contributed by atoms with Crippen LogP contribution in [0.2, 0.25) is 0 Å². The van der Waals surface area contributed by atoms with Gasteiger partial charge in [0.2, 0.25) is 0 Å². The van der Waals surface area contributed by atoms with Gasteiger partial charge in [0, 0.05) is 19.1 Å². The van der Waals surface area contributed by atoms with E-state index < -0.39 is 6.36 Å². The van der Waals surface area contributed by atoms with Crippen molar-refractivity contribution in [1.29, 1.82) is 0 Å². The van der Waals surface area contributed by atoms with Gasteiger partial charge in [-0.25, -0.2) is 0 Å². The van der Waals surface area contributed by atoms with Crippen molar-refractivity contribution in [3.05, 3.63) is 0 Å². The van der Waals surface area contributed by atoms with Crippen LogP contribution in [-0.2, 0) is 4.74 Å². The molecule has 1 N–H and O–H groups in total. The first-order valence-corrected chi connectivity index (χ1v) is 5.60. The minimum absolute atomic E-state index is 0.299. The Kier molecular flexibility index (Phi) is 5.51. The molecule has 1 saturated heterocycles. The minimum Gasteiger partial charge on any atom is -0.313 e. The fourth-order valence-corrected chi connectivity index (χ4v) is 1.86. The third kappa shape index (κ3) is 6.30. The summed E-state index contributed by atoms with van der Waals surface area (Å²) in [6.45, 7) is 1.79. The third-order valence-corrected chi connectivity index (χ3v) is 2.68. The van der Waals surface area contributed by atoms with Crippen molar-refractivity contribution in [1.82, 2.24) is 10.2 Å². The summed E-state index contributed by atoms with van der Waals surface area (Å²) in [5.74, 6) is 0. The maximum atomic E-state index is 11.7. The summed E-state index contributed by atoms with van der Waals surface area (Å²) in [4.78, 5) is 1.87. The molecular weight excluding hydrogens is 221 g/mol. The van der Waals surface area contributed by atoms with E-state index in [2.05, 4.69) is 10.1 Å². The average molecular weight is 240 g/mol. The van der Waals surface area contributed by atoms with E-state index in [0.717, 1.165) is 19.5 Å². The van der Waals surface area contributed by atoms with E-state index >= 15 is 0 Å². The molecule has 96 valence electrons. The van der Waals surface area contributed by atoms with E-state index in [-0.39, 0.29) is 6.61 Å². The summed E-state index contributed by atoms with van der Waals surface area (Å²) in [6, 6.07) is 0.407. The average Bonchev–Trinajstić information content (AvgIpc) is 2.17. The molecule has 1 atom stereocenters. The summed E-state index contributed by atoms with van der Waals surface area (Å²) < 4.78 is 38.9. The number of halogens is 3. The first kappa shape index (κ1) is 13.7. The number of rotatable bonds is 5. The van der Waals surface area contributed by atoms with Gasteiger partial charge in [-0.05, 0) is 26.4 Å². The SMILES string of the molecule is CN(CCOC(F)(F)F)CC1CCCCN1. The van der Waals surface area contributed by atoms with Crippen LogP contribution in [0.25, 0.3) is 0 Å². The van der Waals surface area contributed by atoms with Crippen molar-refractivity contribution in [2.24, 2.45) is 0 Å².